The second-order valence-electron chi connectivity index (χ2n) is 4.78. The summed E-state index contributed by atoms with van der Waals surface area (Å²) in [4.78, 5) is 14.1. The first-order valence-electron chi connectivity index (χ1n) is 5.97. The fraction of sp³-hybridized carbons (Fsp3) is 0.500. The van der Waals surface area contributed by atoms with Crippen molar-refractivity contribution in [1.29, 1.82) is 0 Å². The molecule has 0 bridgehead atoms. The Morgan fingerprint density at radius 3 is 2.56 bits per heavy atom. The fourth-order valence-electron chi connectivity index (χ4n) is 2.02. The van der Waals surface area contributed by atoms with Gasteiger partial charge >= 0.3 is 0 Å². The van der Waals surface area contributed by atoms with E-state index < -0.39 is 0 Å². The molecule has 16 heavy (non-hydrogen) atoms. The van der Waals surface area contributed by atoms with Crippen LogP contribution in [0, 0.1) is 5.92 Å². The van der Waals surface area contributed by atoms with Crippen LogP contribution in [0.15, 0.2) is 30.3 Å². The van der Waals surface area contributed by atoms with Gasteiger partial charge in [0.25, 0.3) is 0 Å². The summed E-state index contributed by atoms with van der Waals surface area (Å²) in [5.74, 6) is 1.03. The molecule has 0 aliphatic heterocycles. The first-order chi connectivity index (χ1) is 7.68. The van der Waals surface area contributed by atoms with Crippen molar-refractivity contribution in [2.75, 3.05) is 13.6 Å². The zero-order valence-electron chi connectivity index (χ0n) is 10.0. The Labute approximate surface area is 97.3 Å². The molecule has 1 aliphatic rings. The third-order valence-corrected chi connectivity index (χ3v) is 3.49. The van der Waals surface area contributed by atoms with E-state index in [0.717, 1.165) is 11.5 Å². The van der Waals surface area contributed by atoms with Crippen LogP contribution in [0.2, 0.25) is 0 Å². The van der Waals surface area contributed by atoms with Gasteiger partial charge < -0.3 is 0 Å². The maximum absolute atomic E-state index is 12.0. The van der Waals surface area contributed by atoms with Gasteiger partial charge in [0.05, 0.1) is 6.54 Å². The van der Waals surface area contributed by atoms with Crippen LogP contribution in [-0.2, 0) is 0 Å². The molecule has 1 unspecified atom stereocenters. The number of rotatable bonds is 5. The molecule has 1 aromatic rings. The van der Waals surface area contributed by atoms with E-state index in [1.54, 1.807) is 0 Å². The van der Waals surface area contributed by atoms with Gasteiger partial charge in [0, 0.05) is 11.6 Å². The lowest BCUT2D eigenvalue weighted by molar-refractivity contribution is 0.0917. The van der Waals surface area contributed by atoms with Crippen LogP contribution in [0.5, 0.6) is 0 Å². The third-order valence-electron chi connectivity index (χ3n) is 3.49. The summed E-state index contributed by atoms with van der Waals surface area (Å²) >= 11 is 0. The summed E-state index contributed by atoms with van der Waals surface area (Å²) < 4.78 is 0. The number of benzene rings is 1. The lowest BCUT2D eigenvalue weighted by atomic mass is 10.1. The van der Waals surface area contributed by atoms with Crippen LogP contribution >= 0.6 is 0 Å². The van der Waals surface area contributed by atoms with Gasteiger partial charge in [-0.05, 0) is 32.7 Å². The Hall–Kier alpha value is -1.15. The lowest BCUT2D eigenvalue weighted by Crippen LogP contribution is -2.35. The van der Waals surface area contributed by atoms with Crippen LogP contribution in [0.3, 0.4) is 0 Å². The van der Waals surface area contributed by atoms with E-state index in [4.69, 9.17) is 0 Å². The van der Waals surface area contributed by atoms with Crippen LogP contribution < -0.4 is 0 Å². The molecule has 0 radical (unpaired) electrons. The minimum absolute atomic E-state index is 0.218. The molecule has 0 N–H and O–H groups in total. The quantitative estimate of drug-likeness (QED) is 0.707. The lowest BCUT2D eigenvalue weighted by Gasteiger charge is -2.23. The second kappa shape index (κ2) is 4.79. The van der Waals surface area contributed by atoms with E-state index in [1.807, 2.05) is 37.4 Å². The zero-order valence-corrected chi connectivity index (χ0v) is 10.0. The number of nitrogens with zero attached hydrogens (tertiary/aromatic N) is 1. The van der Waals surface area contributed by atoms with Gasteiger partial charge in [0.15, 0.2) is 5.78 Å². The molecule has 1 saturated carbocycles. The van der Waals surface area contributed by atoms with Crippen LogP contribution in [-0.4, -0.2) is 30.3 Å². The topological polar surface area (TPSA) is 20.3 Å². The van der Waals surface area contributed by atoms with Crippen molar-refractivity contribution in [2.45, 2.75) is 25.8 Å². The molecular formula is C14H19NO. The van der Waals surface area contributed by atoms with Crippen molar-refractivity contribution < 1.29 is 4.79 Å². The molecule has 2 nitrogen and oxygen atoms in total. The molecule has 2 rings (SSSR count). The van der Waals surface area contributed by atoms with Crippen LogP contribution in [0.4, 0.5) is 0 Å². The fourth-order valence-corrected chi connectivity index (χ4v) is 2.02. The number of carbonyl (C=O) groups is 1. The highest BCUT2D eigenvalue weighted by molar-refractivity contribution is 5.97. The third kappa shape index (κ3) is 2.70. The predicted molar refractivity (Wildman–Crippen MR) is 65.6 cm³/mol. The molecule has 0 amide bonds. The summed E-state index contributed by atoms with van der Waals surface area (Å²) in [7, 11) is 2.05. The number of ketones is 1. The number of hydrogen-bond acceptors (Lipinski definition) is 2. The van der Waals surface area contributed by atoms with E-state index in [2.05, 4.69) is 11.8 Å². The van der Waals surface area contributed by atoms with Gasteiger partial charge in [-0.25, -0.2) is 0 Å². The van der Waals surface area contributed by atoms with Crippen molar-refractivity contribution in [1.82, 2.24) is 4.90 Å². The Kier molecular flexibility index (Phi) is 3.39. The molecule has 1 aliphatic carbocycles. The number of hydrogen-bond donors (Lipinski definition) is 0. The van der Waals surface area contributed by atoms with Gasteiger partial charge in [-0.3, -0.25) is 9.69 Å². The molecule has 2 heteroatoms. The monoisotopic (exact) mass is 217 g/mol. The second-order valence-corrected chi connectivity index (χ2v) is 4.78. The summed E-state index contributed by atoms with van der Waals surface area (Å²) in [6.45, 7) is 2.75. The molecule has 0 heterocycles. The van der Waals surface area contributed by atoms with Crippen molar-refractivity contribution in [3.63, 3.8) is 0 Å². The molecule has 0 spiro atoms. The van der Waals surface area contributed by atoms with E-state index in [1.165, 1.54) is 12.8 Å². The molecular weight excluding hydrogens is 198 g/mol. The summed E-state index contributed by atoms with van der Waals surface area (Å²) in [6.07, 6.45) is 2.65. The highest BCUT2D eigenvalue weighted by Crippen LogP contribution is 2.34. The smallest absolute Gasteiger partial charge is 0.176 e. The number of carbonyl (C=O) groups excluding carboxylic acids is 1. The molecule has 0 saturated heterocycles. The SMILES string of the molecule is CC(C1CC1)N(C)CC(=O)c1ccccc1. The van der Waals surface area contributed by atoms with E-state index >= 15 is 0 Å². The van der Waals surface area contributed by atoms with Crippen molar-refractivity contribution in [2.24, 2.45) is 5.92 Å². The Bertz CT molecular complexity index is 356. The normalized spacial score (nSPS) is 17.4. The highest BCUT2D eigenvalue weighted by atomic mass is 16.1. The molecule has 1 atom stereocenters. The maximum Gasteiger partial charge on any atom is 0.176 e. The van der Waals surface area contributed by atoms with Crippen molar-refractivity contribution in [3.8, 4) is 0 Å². The Balaban J connectivity index is 1.91. The molecule has 0 aromatic heterocycles. The van der Waals surface area contributed by atoms with Gasteiger partial charge in [0.1, 0.15) is 0 Å². The maximum atomic E-state index is 12.0. The largest absolute Gasteiger partial charge is 0.296 e. The van der Waals surface area contributed by atoms with E-state index in [-0.39, 0.29) is 5.78 Å². The van der Waals surface area contributed by atoms with E-state index in [9.17, 15) is 4.79 Å². The number of Topliss-reactive ketones (excluding diaryl/α,β-unsaturated/α-hetero) is 1. The first kappa shape index (κ1) is 11.3. The Morgan fingerprint density at radius 2 is 2.00 bits per heavy atom. The minimum atomic E-state index is 0.218. The molecule has 1 fully saturated rings. The zero-order chi connectivity index (χ0) is 11.5. The molecule has 86 valence electrons. The highest BCUT2D eigenvalue weighted by Gasteiger charge is 2.30. The predicted octanol–water partition coefficient (Wildman–Crippen LogP) is 2.60. The Morgan fingerprint density at radius 1 is 1.38 bits per heavy atom. The summed E-state index contributed by atoms with van der Waals surface area (Å²) in [5.41, 5.74) is 0.817. The van der Waals surface area contributed by atoms with Gasteiger partial charge in [-0.2, -0.15) is 0 Å². The van der Waals surface area contributed by atoms with Crippen LogP contribution in [0.25, 0.3) is 0 Å². The average molecular weight is 217 g/mol. The average Bonchev–Trinajstić information content (AvgIpc) is 3.13. The van der Waals surface area contributed by atoms with Crippen molar-refractivity contribution in [3.05, 3.63) is 35.9 Å². The number of likely N-dealkylation sites (N-methyl/N-ethyl adjacent to an activating group) is 1. The summed E-state index contributed by atoms with van der Waals surface area (Å²) in [5, 5.41) is 0. The van der Waals surface area contributed by atoms with Gasteiger partial charge in [-0.1, -0.05) is 30.3 Å². The van der Waals surface area contributed by atoms with Crippen LogP contribution in [0.1, 0.15) is 30.1 Å². The first-order valence-corrected chi connectivity index (χ1v) is 5.97. The van der Waals surface area contributed by atoms with E-state index in [0.29, 0.717) is 12.6 Å². The van der Waals surface area contributed by atoms with Gasteiger partial charge in [-0.15, -0.1) is 0 Å². The van der Waals surface area contributed by atoms with Crippen molar-refractivity contribution >= 4 is 5.78 Å². The van der Waals surface area contributed by atoms with Gasteiger partial charge in [0.2, 0.25) is 0 Å². The minimum Gasteiger partial charge on any atom is -0.296 e. The summed E-state index contributed by atoms with van der Waals surface area (Å²) in [6, 6.07) is 10.1. The molecule has 1 aromatic carbocycles. The standard InChI is InChI=1S/C14H19NO/c1-11(12-8-9-12)15(2)10-14(16)13-6-4-3-5-7-13/h3-7,11-12H,8-10H2,1-2H3.